The third-order valence-corrected chi connectivity index (χ3v) is 8.30. The first kappa shape index (κ1) is 25.1. The van der Waals surface area contributed by atoms with Gasteiger partial charge in [0.2, 0.25) is 0 Å². The van der Waals surface area contributed by atoms with Crippen LogP contribution in [0.25, 0.3) is 49.5 Å². The van der Waals surface area contributed by atoms with Gasteiger partial charge in [0.15, 0.2) is 0 Å². The number of aryl methyl sites for hydroxylation is 1. The van der Waals surface area contributed by atoms with E-state index >= 15 is 0 Å². The van der Waals surface area contributed by atoms with E-state index in [4.69, 9.17) is 4.98 Å². The van der Waals surface area contributed by atoms with E-state index in [0.29, 0.717) is 0 Å². The highest BCUT2D eigenvalue weighted by molar-refractivity contribution is 6.10. The second kappa shape index (κ2) is 10.3. The molecular formula is C40H29N3. The minimum absolute atomic E-state index is 1.02. The summed E-state index contributed by atoms with van der Waals surface area (Å²) in [5.41, 5.74) is 11.5. The van der Waals surface area contributed by atoms with Crippen molar-refractivity contribution < 1.29 is 0 Å². The number of hydrogen-bond donors (Lipinski definition) is 0. The van der Waals surface area contributed by atoms with Crippen molar-refractivity contribution in [3.63, 3.8) is 0 Å². The molecule has 6 aromatic carbocycles. The van der Waals surface area contributed by atoms with Crippen molar-refractivity contribution >= 4 is 49.8 Å². The molecule has 0 N–H and O–H groups in total. The summed E-state index contributed by atoms with van der Waals surface area (Å²) in [5.74, 6) is 0. The second-order valence-corrected chi connectivity index (χ2v) is 11.0. The Balaban J connectivity index is 1.28. The monoisotopic (exact) mass is 551 g/mol. The summed E-state index contributed by atoms with van der Waals surface area (Å²) in [7, 11) is 0. The molecular weight excluding hydrogens is 522 g/mol. The lowest BCUT2D eigenvalue weighted by molar-refractivity contribution is 1.15. The molecule has 0 fully saturated rings. The van der Waals surface area contributed by atoms with Gasteiger partial charge in [-0.3, -0.25) is 4.98 Å². The van der Waals surface area contributed by atoms with Crippen molar-refractivity contribution in [1.82, 2.24) is 9.55 Å². The van der Waals surface area contributed by atoms with Gasteiger partial charge in [-0.15, -0.1) is 0 Å². The number of hydrogen-bond acceptors (Lipinski definition) is 2. The highest BCUT2D eigenvalue weighted by Crippen LogP contribution is 2.40. The molecule has 0 unspecified atom stereocenters. The zero-order chi connectivity index (χ0) is 28.8. The van der Waals surface area contributed by atoms with Crippen molar-refractivity contribution in [3.8, 4) is 16.8 Å². The van der Waals surface area contributed by atoms with Crippen LogP contribution < -0.4 is 4.90 Å². The van der Waals surface area contributed by atoms with Gasteiger partial charge in [-0.2, -0.15) is 0 Å². The fraction of sp³-hybridized carbons (Fsp3) is 0.0250. The highest BCUT2D eigenvalue weighted by Gasteiger charge is 2.18. The third-order valence-electron chi connectivity index (χ3n) is 8.30. The molecule has 8 aromatic rings. The molecule has 0 atom stereocenters. The van der Waals surface area contributed by atoms with Gasteiger partial charge in [-0.1, -0.05) is 78.9 Å². The first-order valence-electron chi connectivity index (χ1n) is 14.6. The number of rotatable bonds is 5. The Morgan fingerprint density at radius 1 is 0.512 bits per heavy atom. The van der Waals surface area contributed by atoms with E-state index in [0.717, 1.165) is 33.5 Å². The number of pyridine rings is 1. The first-order chi connectivity index (χ1) is 21.2. The molecule has 0 saturated carbocycles. The van der Waals surface area contributed by atoms with Crippen LogP contribution in [0.4, 0.5) is 17.1 Å². The van der Waals surface area contributed by atoms with Crippen molar-refractivity contribution in [2.75, 3.05) is 4.90 Å². The first-order valence-corrected chi connectivity index (χ1v) is 14.6. The zero-order valence-electron chi connectivity index (χ0n) is 23.9. The molecule has 0 aliphatic rings. The highest BCUT2D eigenvalue weighted by atomic mass is 15.1. The zero-order valence-corrected chi connectivity index (χ0v) is 23.9. The average Bonchev–Trinajstić information content (AvgIpc) is 3.39. The molecule has 43 heavy (non-hydrogen) atoms. The van der Waals surface area contributed by atoms with Gasteiger partial charge in [-0.25, -0.2) is 0 Å². The van der Waals surface area contributed by atoms with E-state index in [9.17, 15) is 0 Å². The predicted molar refractivity (Wildman–Crippen MR) is 181 cm³/mol. The Morgan fingerprint density at radius 3 is 1.95 bits per heavy atom. The predicted octanol–water partition coefficient (Wildman–Crippen LogP) is 10.8. The number of benzene rings is 6. The average molecular weight is 552 g/mol. The molecule has 0 radical (unpaired) electrons. The number of anilines is 3. The van der Waals surface area contributed by atoms with Crippen LogP contribution in [0.2, 0.25) is 0 Å². The lowest BCUT2D eigenvalue weighted by Gasteiger charge is -2.25. The maximum atomic E-state index is 4.70. The summed E-state index contributed by atoms with van der Waals surface area (Å²) in [6.07, 6.45) is 1.98. The van der Waals surface area contributed by atoms with Crippen molar-refractivity contribution in [1.29, 1.82) is 0 Å². The van der Waals surface area contributed by atoms with Crippen LogP contribution in [0.5, 0.6) is 0 Å². The van der Waals surface area contributed by atoms with Crippen molar-refractivity contribution in [3.05, 3.63) is 163 Å². The van der Waals surface area contributed by atoms with Crippen LogP contribution in [-0.4, -0.2) is 9.55 Å². The second-order valence-electron chi connectivity index (χ2n) is 11.0. The molecule has 3 nitrogen and oxygen atoms in total. The number of para-hydroxylation sites is 4. The topological polar surface area (TPSA) is 21.1 Å². The van der Waals surface area contributed by atoms with Gasteiger partial charge in [0.1, 0.15) is 0 Å². The van der Waals surface area contributed by atoms with Gasteiger partial charge in [0.25, 0.3) is 0 Å². The molecule has 0 aliphatic heterocycles. The van der Waals surface area contributed by atoms with Gasteiger partial charge >= 0.3 is 0 Å². The molecule has 0 bridgehead atoms. The molecule has 0 aliphatic carbocycles. The maximum Gasteiger partial charge on any atom is 0.0702 e. The molecule has 3 heteroatoms. The minimum atomic E-state index is 1.02. The normalized spacial score (nSPS) is 11.4. The van der Waals surface area contributed by atoms with Gasteiger partial charge in [-0.05, 0) is 90.8 Å². The quantitative estimate of drug-likeness (QED) is 0.212. The summed E-state index contributed by atoms with van der Waals surface area (Å²) in [6, 6.07) is 54.0. The van der Waals surface area contributed by atoms with Gasteiger partial charge in [0.05, 0.1) is 16.6 Å². The number of aromatic nitrogens is 2. The van der Waals surface area contributed by atoms with E-state index in [1.165, 1.54) is 38.6 Å². The van der Waals surface area contributed by atoms with E-state index in [1.807, 2.05) is 12.3 Å². The smallest absolute Gasteiger partial charge is 0.0702 e. The summed E-state index contributed by atoms with van der Waals surface area (Å²) < 4.78 is 2.40. The Labute approximate surface area is 250 Å². The molecule has 2 aromatic heterocycles. The number of nitrogens with zero attached hydrogens (tertiary/aromatic N) is 3. The van der Waals surface area contributed by atoms with Crippen molar-refractivity contribution in [2.45, 2.75) is 6.92 Å². The molecule has 2 heterocycles. The number of fused-ring (bicyclic) bond motifs is 4. The SMILES string of the molecule is Cc1cc(-c2cnc3ccccc3c2)ccc1-n1c2ccccc2c2cc(N(c3ccccc3)c3ccccc3)ccc21. The van der Waals surface area contributed by atoms with Gasteiger partial charge < -0.3 is 9.47 Å². The van der Waals surface area contributed by atoms with Crippen molar-refractivity contribution in [2.24, 2.45) is 0 Å². The summed E-state index contributed by atoms with van der Waals surface area (Å²) in [4.78, 5) is 7.02. The van der Waals surface area contributed by atoms with E-state index in [-0.39, 0.29) is 0 Å². The van der Waals surface area contributed by atoms with Crippen LogP contribution in [0.1, 0.15) is 5.56 Å². The summed E-state index contributed by atoms with van der Waals surface area (Å²) in [6.45, 7) is 2.20. The van der Waals surface area contributed by atoms with Crippen LogP contribution in [0, 0.1) is 6.92 Å². The standard InChI is InChI=1S/C40H29N3/c1-28-24-29(31-25-30-12-8-10-18-37(30)41-27-31)20-22-38(28)43-39-19-11-9-17-35(39)36-26-34(21-23-40(36)43)42(32-13-4-2-5-14-32)33-15-6-3-7-16-33/h2-27H,1H3. The van der Waals surface area contributed by atoms with E-state index in [2.05, 4.69) is 162 Å². The summed E-state index contributed by atoms with van der Waals surface area (Å²) >= 11 is 0. The summed E-state index contributed by atoms with van der Waals surface area (Å²) in [5, 5.41) is 3.62. The molecule has 0 amide bonds. The lowest BCUT2D eigenvalue weighted by Crippen LogP contribution is -2.09. The van der Waals surface area contributed by atoms with Gasteiger partial charge in [0, 0.05) is 50.7 Å². The fourth-order valence-corrected chi connectivity index (χ4v) is 6.28. The van der Waals surface area contributed by atoms with Crippen LogP contribution >= 0.6 is 0 Å². The Bertz CT molecular complexity index is 2210. The lowest BCUT2D eigenvalue weighted by atomic mass is 10.0. The molecule has 0 saturated heterocycles. The molecule has 0 spiro atoms. The largest absolute Gasteiger partial charge is 0.310 e. The Kier molecular flexibility index (Phi) is 6.01. The minimum Gasteiger partial charge on any atom is -0.310 e. The van der Waals surface area contributed by atoms with Crippen LogP contribution in [0.15, 0.2) is 158 Å². The molecule has 204 valence electrons. The Hall–Kier alpha value is -5.67. The molecule has 8 rings (SSSR count). The Morgan fingerprint density at radius 2 is 1.19 bits per heavy atom. The van der Waals surface area contributed by atoms with Crippen LogP contribution in [-0.2, 0) is 0 Å². The van der Waals surface area contributed by atoms with E-state index < -0.39 is 0 Å². The van der Waals surface area contributed by atoms with E-state index in [1.54, 1.807) is 0 Å². The maximum absolute atomic E-state index is 4.70. The third kappa shape index (κ3) is 4.34. The fourth-order valence-electron chi connectivity index (χ4n) is 6.28. The van der Waals surface area contributed by atoms with Crippen LogP contribution in [0.3, 0.4) is 0 Å².